The molecule has 1 aliphatic heterocycles. The van der Waals surface area contributed by atoms with E-state index in [1.807, 2.05) is 0 Å². The van der Waals surface area contributed by atoms with Crippen LogP contribution < -0.4 is 10.1 Å². The minimum absolute atomic E-state index is 0.0402. The Morgan fingerprint density at radius 3 is 2.65 bits per heavy atom. The monoisotopic (exact) mass is 374 g/mol. The van der Waals surface area contributed by atoms with Gasteiger partial charge in [-0.25, -0.2) is 0 Å². The lowest BCUT2D eigenvalue weighted by atomic mass is 10.1. The van der Waals surface area contributed by atoms with E-state index in [1.54, 1.807) is 6.92 Å². The van der Waals surface area contributed by atoms with Crippen molar-refractivity contribution in [3.63, 3.8) is 0 Å². The Bertz CT molecular complexity index is 664. The molecule has 0 aromatic heterocycles. The molecule has 1 fully saturated rings. The molecule has 0 bridgehead atoms. The summed E-state index contributed by atoms with van der Waals surface area (Å²) < 4.78 is 49.1. The van der Waals surface area contributed by atoms with E-state index in [-0.39, 0.29) is 43.5 Å². The van der Waals surface area contributed by atoms with E-state index in [0.717, 1.165) is 18.2 Å². The topological polar surface area (TPSA) is 67.9 Å². The third-order valence-electron chi connectivity index (χ3n) is 4.08. The average molecular weight is 374 g/mol. The molecule has 6 nitrogen and oxygen atoms in total. The highest BCUT2D eigenvalue weighted by atomic mass is 19.4. The zero-order valence-electron chi connectivity index (χ0n) is 14.6. The number of anilines is 1. The first kappa shape index (κ1) is 20.0. The van der Waals surface area contributed by atoms with Crippen molar-refractivity contribution in [2.24, 2.45) is 5.92 Å². The van der Waals surface area contributed by atoms with Gasteiger partial charge in [-0.1, -0.05) is 0 Å². The van der Waals surface area contributed by atoms with Gasteiger partial charge in [0.15, 0.2) is 0 Å². The number of ether oxygens (including phenoxy) is 2. The zero-order chi connectivity index (χ0) is 19.3. The van der Waals surface area contributed by atoms with Crippen LogP contribution in [-0.4, -0.2) is 50.1 Å². The molecular formula is C17H21F3N2O4. The molecule has 2 rings (SSSR count). The second kappa shape index (κ2) is 8.39. The van der Waals surface area contributed by atoms with Crippen molar-refractivity contribution in [1.29, 1.82) is 0 Å². The van der Waals surface area contributed by atoms with Gasteiger partial charge in [0.2, 0.25) is 11.8 Å². The van der Waals surface area contributed by atoms with E-state index in [4.69, 9.17) is 9.47 Å². The molecule has 1 N–H and O–H groups in total. The third-order valence-corrected chi connectivity index (χ3v) is 4.08. The number of rotatable bonds is 7. The van der Waals surface area contributed by atoms with Crippen molar-refractivity contribution in [3.05, 3.63) is 23.8 Å². The molecule has 144 valence electrons. The van der Waals surface area contributed by atoms with E-state index in [1.165, 1.54) is 12.0 Å². The molecule has 1 saturated heterocycles. The Morgan fingerprint density at radius 1 is 1.35 bits per heavy atom. The van der Waals surface area contributed by atoms with Gasteiger partial charge in [-0.15, -0.1) is 0 Å². The predicted molar refractivity (Wildman–Crippen MR) is 87.8 cm³/mol. The fourth-order valence-electron chi connectivity index (χ4n) is 2.65. The van der Waals surface area contributed by atoms with Crippen molar-refractivity contribution in [2.45, 2.75) is 19.5 Å². The van der Waals surface area contributed by atoms with Crippen LogP contribution in [0.4, 0.5) is 18.9 Å². The van der Waals surface area contributed by atoms with E-state index in [9.17, 15) is 22.8 Å². The summed E-state index contributed by atoms with van der Waals surface area (Å²) in [4.78, 5) is 25.7. The van der Waals surface area contributed by atoms with Crippen LogP contribution in [0, 0.1) is 5.92 Å². The number of nitrogens with one attached hydrogen (secondary N) is 1. The van der Waals surface area contributed by atoms with Crippen LogP contribution >= 0.6 is 0 Å². The van der Waals surface area contributed by atoms with Gasteiger partial charge in [-0.3, -0.25) is 9.59 Å². The molecule has 1 heterocycles. The summed E-state index contributed by atoms with van der Waals surface area (Å²) in [6.45, 7) is 2.90. The molecule has 9 heteroatoms. The van der Waals surface area contributed by atoms with Crippen molar-refractivity contribution in [2.75, 3.05) is 38.7 Å². The molecule has 1 aliphatic rings. The first-order chi connectivity index (χ1) is 12.3. The standard InChI is InChI=1S/C17H21F3N2O4/c1-3-22-10-11(8-15(22)23)16(24)21-13-9-12(17(18,19)20)4-5-14(13)26-7-6-25-2/h4-5,9,11H,3,6-8,10H2,1-2H3,(H,21,24). The zero-order valence-corrected chi connectivity index (χ0v) is 14.6. The summed E-state index contributed by atoms with van der Waals surface area (Å²) in [5.74, 6) is -1.15. The number of nitrogens with zero attached hydrogens (tertiary/aromatic N) is 1. The number of hydrogen-bond donors (Lipinski definition) is 1. The second-order valence-electron chi connectivity index (χ2n) is 5.87. The highest BCUT2D eigenvalue weighted by Crippen LogP contribution is 2.35. The Kier molecular flexibility index (Phi) is 6.47. The number of amides is 2. The maximum Gasteiger partial charge on any atom is 0.416 e. The summed E-state index contributed by atoms with van der Waals surface area (Å²) in [6.07, 6.45) is -4.51. The number of likely N-dealkylation sites (tertiary alicyclic amines) is 1. The average Bonchev–Trinajstić information content (AvgIpc) is 2.96. The van der Waals surface area contributed by atoms with Crippen LogP contribution in [0.15, 0.2) is 18.2 Å². The fraction of sp³-hybridized carbons (Fsp3) is 0.529. The summed E-state index contributed by atoms with van der Waals surface area (Å²) >= 11 is 0. The Hall–Kier alpha value is -2.29. The second-order valence-corrected chi connectivity index (χ2v) is 5.87. The summed E-state index contributed by atoms with van der Waals surface area (Å²) in [5.41, 5.74) is -0.979. The van der Waals surface area contributed by atoms with E-state index < -0.39 is 23.6 Å². The maximum absolute atomic E-state index is 13.0. The quantitative estimate of drug-likeness (QED) is 0.745. The van der Waals surface area contributed by atoms with Gasteiger partial charge in [-0.05, 0) is 25.1 Å². The Balaban J connectivity index is 2.18. The first-order valence-electron chi connectivity index (χ1n) is 8.17. The number of carbonyl (C=O) groups excluding carboxylic acids is 2. The molecule has 1 atom stereocenters. The summed E-state index contributed by atoms with van der Waals surface area (Å²) in [5, 5.41) is 2.47. The summed E-state index contributed by atoms with van der Waals surface area (Å²) in [6, 6.07) is 2.87. The van der Waals surface area contributed by atoms with Gasteiger partial charge >= 0.3 is 6.18 Å². The number of benzene rings is 1. The number of halogens is 3. The van der Waals surface area contributed by atoms with Crippen molar-refractivity contribution >= 4 is 17.5 Å². The van der Waals surface area contributed by atoms with Crippen LogP contribution in [0.3, 0.4) is 0 Å². The Labute approximate surface area is 149 Å². The SMILES string of the molecule is CCN1CC(C(=O)Nc2cc(C(F)(F)F)ccc2OCCOC)CC1=O. The number of carbonyl (C=O) groups is 2. The Morgan fingerprint density at radius 2 is 2.08 bits per heavy atom. The van der Waals surface area contributed by atoms with Crippen LogP contribution in [0.5, 0.6) is 5.75 Å². The first-order valence-corrected chi connectivity index (χ1v) is 8.17. The maximum atomic E-state index is 13.0. The van der Waals surface area contributed by atoms with Crippen LogP contribution in [0.25, 0.3) is 0 Å². The largest absolute Gasteiger partial charge is 0.489 e. The van der Waals surface area contributed by atoms with Crippen LogP contribution in [0.1, 0.15) is 18.9 Å². The molecule has 0 saturated carbocycles. The number of alkyl halides is 3. The predicted octanol–water partition coefficient (Wildman–Crippen LogP) is 2.54. The minimum Gasteiger partial charge on any atom is -0.489 e. The normalized spacial score (nSPS) is 17.5. The molecule has 2 amide bonds. The molecule has 1 aromatic rings. The molecule has 1 aromatic carbocycles. The smallest absolute Gasteiger partial charge is 0.416 e. The molecule has 0 spiro atoms. The summed E-state index contributed by atoms with van der Waals surface area (Å²) in [7, 11) is 1.47. The minimum atomic E-state index is -4.55. The van der Waals surface area contributed by atoms with Crippen LogP contribution in [-0.2, 0) is 20.5 Å². The van der Waals surface area contributed by atoms with Crippen molar-refractivity contribution < 1.29 is 32.2 Å². The van der Waals surface area contributed by atoms with Gasteiger partial charge in [0.05, 0.1) is 23.8 Å². The molecular weight excluding hydrogens is 353 g/mol. The molecule has 26 heavy (non-hydrogen) atoms. The lowest BCUT2D eigenvalue weighted by Gasteiger charge is -2.17. The highest BCUT2D eigenvalue weighted by Gasteiger charge is 2.35. The van der Waals surface area contributed by atoms with Gasteiger partial charge in [-0.2, -0.15) is 13.2 Å². The fourth-order valence-corrected chi connectivity index (χ4v) is 2.65. The van der Waals surface area contributed by atoms with Crippen LogP contribution in [0.2, 0.25) is 0 Å². The van der Waals surface area contributed by atoms with E-state index in [2.05, 4.69) is 5.32 Å². The lowest BCUT2D eigenvalue weighted by molar-refractivity contribution is -0.137. The lowest BCUT2D eigenvalue weighted by Crippen LogP contribution is -2.28. The van der Waals surface area contributed by atoms with Gasteiger partial charge < -0.3 is 19.7 Å². The molecule has 1 unspecified atom stereocenters. The molecule has 0 radical (unpaired) electrons. The number of hydrogen-bond acceptors (Lipinski definition) is 4. The van der Waals surface area contributed by atoms with Crippen molar-refractivity contribution in [1.82, 2.24) is 4.90 Å². The van der Waals surface area contributed by atoms with Crippen molar-refractivity contribution in [3.8, 4) is 5.75 Å². The van der Waals surface area contributed by atoms with E-state index >= 15 is 0 Å². The third kappa shape index (κ3) is 4.87. The van der Waals surface area contributed by atoms with Gasteiger partial charge in [0.25, 0.3) is 0 Å². The van der Waals surface area contributed by atoms with Gasteiger partial charge in [0, 0.05) is 26.6 Å². The highest BCUT2D eigenvalue weighted by molar-refractivity contribution is 5.98. The molecule has 0 aliphatic carbocycles. The van der Waals surface area contributed by atoms with Gasteiger partial charge in [0.1, 0.15) is 12.4 Å². The van der Waals surface area contributed by atoms with E-state index in [0.29, 0.717) is 6.54 Å². The number of methoxy groups -OCH3 is 1.